The summed E-state index contributed by atoms with van der Waals surface area (Å²) in [5, 5.41) is 6.33. The molecule has 0 fully saturated rings. The molecule has 2 aromatic rings. The second-order valence-electron chi connectivity index (χ2n) is 3.46. The van der Waals surface area contributed by atoms with E-state index >= 15 is 0 Å². The first-order valence-electron chi connectivity index (χ1n) is 4.90. The maximum Gasteiger partial charge on any atom is 0.259 e. The van der Waals surface area contributed by atoms with Gasteiger partial charge in [0.25, 0.3) is 10.0 Å². The first kappa shape index (κ1) is 11.7. The zero-order chi connectivity index (χ0) is 12.3. The number of hydrogen-bond acceptors (Lipinski definition) is 5. The van der Waals surface area contributed by atoms with Crippen molar-refractivity contribution in [1.29, 1.82) is 0 Å². The fourth-order valence-electron chi connectivity index (χ4n) is 1.26. The highest BCUT2D eigenvalue weighted by Gasteiger charge is 2.16. The molecule has 0 saturated carbocycles. The molecule has 0 aliphatic heterocycles. The van der Waals surface area contributed by atoms with Gasteiger partial charge in [-0.3, -0.25) is 5.10 Å². The van der Waals surface area contributed by atoms with E-state index in [1.165, 1.54) is 18.9 Å². The Morgan fingerprint density at radius 1 is 1.47 bits per heavy atom. The molecule has 0 radical (unpaired) electrons. The van der Waals surface area contributed by atoms with Crippen molar-refractivity contribution in [2.75, 3.05) is 6.54 Å². The Kier molecular flexibility index (Phi) is 3.20. The highest BCUT2D eigenvalue weighted by atomic mass is 32.2. The summed E-state index contributed by atoms with van der Waals surface area (Å²) < 4.78 is 27.5. The van der Waals surface area contributed by atoms with Crippen LogP contribution in [0.3, 0.4) is 0 Å². The van der Waals surface area contributed by atoms with Crippen molar-refractivity contribution in [3.8, 4) is 0 Å². The van der Waals surface area contributed by atoms with Crippen LogP contribution in [-0.4, -0.2) is 39.7 Å². The molecule has 0 aromatic carbocycles. The fraction of sp³-hybridized carbons (Fsp3) is 0.375. The summed E-state index contributed by atoms with van der Waals surface area (Å²) >= 11 is 0. The summed E-state index contributed by atoms with van der Waals surface area (Å²) in [5.74, 6) is 0.633. The van der Waals surface area contributed by atoms with Gasteiger partial charge in [-0.25, -0.2) is 23.1 Å². The first-order chi connectivity index (χ1) is 8.08. The number of nitrogens with one attached hydrogen (secondary N) is 2. The van der Waals surface area contributed by atoms with Crippen LogP contribution in [0.2, 0.25) is 0 Å². The van der Waals surface area contributed by atoms with Crippen LogP contribution >= 0.6 is 0 Å². The van der Waals surface area contributed by atoms with Crippen molar-refractivity contribution in [2.24, 2.45) is 7.05 Å². The number of imidazole rings is 1. The average Bonchev–Trinajstić information content (AvgIpc) is 2.89. The zero-order valence-corrected chi connectivity index (χ0v) is 9.98. The molecule has 0 bridgehead atoms. The van der Waals surface area contributed by atoms with Crippen molar-refractivity contribution in [2.45, 2.75) is 11.4 Å². The van der Waals surface area contributed by atoms with E-state index in [4.69, 9.17) is 0 Å². The van der Waals surface area contributed by atoms with E-state index in [0.29, 0.717) is 12.2 Å². The molecule has 2 rings (SSSR count). The molecule has 17 heavy (non-hydrogen) atoms. The predicted molar refractivity (Wildman–Crippen MR) is 58.5 cm³/mol. The Morgan fingerprint density at radius 3 is 2.88 bits per heavy atom. The number of sulfonamides is 1. The Balaban J connectivity index is 1.94. The highest BCUT2D eigenvalue weighted by Crippen LogP contribution is 2.03. The average molecular weight is 256 g/mol. The van der Waals surface area contributed by atoms with Gasteiger partial charge < -0.3 is 4.57 Å². The Hall–Kier alpha value is -1.74. The van der Waals surface area contributed by atoms with Crippen LogP contribution < -0.4 is 4.72 Å². The van der Waals surface area contributed by atoms with Gasteiger partial charge in [-0.05, 0) is 0 Å². The topological polar surface area (TPSA) is 106 Å². The van der Waals surface area contributed by atoms with Gasteiger partial charge in [0, 0.05) is 26.2 Å². The van der Waals surface area contributed by atoms with Gasteiger partial charge in [-0.15, -0.1) is 0 Å². The van der Waals surface area contributed by atoms with E-state index in [-0.39, 0.29) is 11.6 Å². The number of aryl methyl sites for hydroxylation is 1. The van der Waals surface area contributed by atoms with Gasteiger partial charge in [0.05, 0.1) is 6.33 Å². The summed E-state index contributed by atoms with van der Waals surface area (Å²) in [6.07, 6.45) is 4.70. The summed E-state index contributed by atoms with van der Waals surface area (Å²) in [5.41, 5.74) is 0. The molecule has 92 valence electrons. The van der Waals surface area contributed by atoms with Crippen LogP contribution in [0.15, 0.2) is 23.9 Å². The van der Waals surface area contributed by atoms with Crippen molar-refractivity contribution in [1.82, 2.24) is 29.5 Å². The molecule has 2 heterocycles. The molecule has 2 N–H and O–H groups in total. The third kappa shape index (κ3) is 2.88. The monoisotopic (exact) mass is 256 g/mol. The lowest BCUT2D eigenvalue weighted by atomic mass is 10.4. The summed E-state index contributed by atoms with van der Waals surface area (Å²) in [6, 6.07) is 0. The predicted octanol–water partition coefficient (Wildman–Crippen LogP) is -0.941. The molecule has 2 aromatic heterocycles. The Bertz CT molecular complexity index is 573. The Morgan fingerprint density at radius 2 is 2.29 bits per heavy atom. The largest absolute Gasteiger partial charge is 0.339 e. The van der Waals surface area contributed by atoms with Crippen molar-refractivity contribution in [3.63, 3.8) is 0 Å². The lowest BCUT2D eigenvalue weighted by Crippen LogP contribution is -2.26. The lowest BCUT2D eigenvalue weighted by Gasteiger charge is -2.02. The smallest absolute Gasteiger partial charge is 0.259 e. The second-order valence-corrected chi connectivity index (χ2v) is 5.17. The van der Waals surface area contributed by atoms with Gasteiger partial charge in [0.2, 0.25) is 0 Å². The van der Waals surface area contributed by atoms with E-state index in [2.05, 4.69) is 24.9 Å². The van der Waals surface area contributed by atoms with Crippen LogP contribution in [0, 0.1) is 0 Å². The van der Waals surface area contributed by atoms with E-state index in [1.807, 2.05) is 0 Å². The molecule has 0 spiro atoms. The maximum atomic E-state index is 11.7. The molecule has 0 atom stereocenters. The SMILES string of the molecule is Cn1cnc(S(=O)(=O)NCCc2ncn[nH]2)c1. The lowest BCUT2D eigenvalue weighted by molar-refractivity contribution is 0.577. The molecule has 0 aliphatic carbocycles. The van der Waals surface area contributed by atoms with Gasteiger partial charge >= 0.3 is 0 Å². The van der Waals surface area contributed by atoms with Crippen molar-refractivity contribution >= 4 is 10.0 Å². The van der Waals surface area contributed by atoms with Gasteiger partial charge in [-0.2, -0.15) is 5.10 Å². The maximum absolute atomic E-state index is 11.7. The molecule has 0 amide bonds. The molecule has 0 unspecified atom stereocenters. The summed E-state index contributed by atoms with van der Waals surface area (Å²) in [6.45, 7) is 0.244. The Labute approximate surface area is 98.1 Å². The molecular weight excluding hydrogens is 244 g/mol. The third-order valence-electron chi connectivity index (χ3n) is 2.08. The minimum absolute atomic E-state index is 0.0116. The van der Waals surface area contributed by atoms with Gasteiger partial charge in [0.1, 0.15) is 12.2 Å². The molecule has 0 aliphatic rings. The number of aromatic amines is 1. The molecular formula is C8H12N6O2S. The summed E-state index contributed by atoms with van der Waals surface area (Å²) in [7, 11) is -1.83. The van der Waals surface area contributed by atoms with Crippen LogP contribution in [0.4, 0.5) is 0 Å². The number of H-pyrrole nitrogens is 1. The molecule has 9 heteroatoms. The number of hydrogen-bond donors (Lipinski definition) is 2. The van der Waals surface area contributed by atoms with E-state index in [0.717, 1.165) is 0 Å². The zero-order valence-electron chi connectivity index (χ0n) is 9.16. The van der Waals surface area contributed by atoms with Crippen LogP contribution in [0.5, 0.6) is 0 Å². The quantitative estimate of drug-likeness (QED) is 0.718. The number of aromatic nitrogens is 5. The first-order valence-corrected chi connectivity index (χ1v) is 6.38. The van der Waals surface area contributed by atoms with E-state index in [9.17, 15) is 8.42 Å². The molecule has 8 nitrogen and oxygen atoms in total. The standard InChI is InChI=1S/C8H12N6O2S/c1-14-4-8(10-6-14)17(15,16)12-3-2-7-9-5-11-13-7/h4-6,12H,2-3H2,1H3,(H,9,11,13). The van der Waals surface area contributed by atoms with Crippen LogP contribution in [0.1, 0.15) is 5.82 Å². The van der Waals surface area contributed by atoms with Crippen LogP contribution in [0.25, 0.3) is 0 Å². The van der Waals surface area contributed by atoms with Gasteiger partial charge in [-0.1, -0.05) is 0 Å². The number of rotatable bonds is 5. The van der Waals surface area contributed by atoms with Gasteiger partial charge in [0.15, 0.2) is 5.03 Å². The van der Waals surface area contributed by atoms with E-state index in [1.54, 1.807) is 11.6 Å². The fourth-order valence-corrected chi connectivity index (χ4v) is 2.27. The normalized spacial score (nSPS) is 11.8. The third-order valence-corrected chi connectivity index (χ3v) is 3.42. The second kappa shape index (κ2) is 4.63. The van der Waals surface area contributed by atoms with Crippen molar-refractivity contribution in [3.05, 3.63) is 24.7 Å². The highest BCUT2D eigenvalue weighted by molar-refractivity contribution is 7.89. The summed E-state index contributed by atoms with van der Waals surface area (Å²) in [4.78, 5) is 7.67. The van der Waals surface area contributed by atoms with Crippen LogP contribution in [-0.2, 0) is 23.5 Å². The molecule has 0 saturated heterocycles. The number of nitrogens with zero attached hydrogens (tertiary/aromatic N) is 4. The minimum atomic E-state index is -3.54. The van der Waals surface area contributed by atoms with Crippen molar-refractivity contribution < 1.29 is 8.42 Å². The van der Waals surface area contributed by atoms with E-state index < -0.39 is 10.0 Å². The minimum Gasteiger partial charge on any atom is -0.339 e.